The maximum absolute atomic E-state index is 12.4. The minimum atomic E-state index is -3.76. The predicted octanol–water partition coefficient (Wildman–Crippen LogP) is 2.61. The molecule has 4 N–H and O–H groups in total. The van der Waals surface area contributed by atoms with Gasteiger partial charge in [-0.2, -0.15) is 0 Å². The summed E-state index contributed by atoms with van der Waals surface area (Å²) in [6.07, 6.45) is 0.761. The summed E-state index contributed by atoms with van der Waals surface area (Å²) in [5, 5.41) is 11.3. The van der Waals surface area contributed by atoms with E-state index in [4.69, 9.17) is 28.3 Å². The van der Waals surface area contributed by atoms with Crippen LogP contribution in [0.2, 0.25) is 10.0 Å². The Hall–Kier alpha value is -2.17. The number of carbonyl (C=O) groups is 2. The van der Waals surface area contributed by atoms with E-state index in [9.17, 15) is 18.0 Å². The summed E-state index contributed by atoms with van der Waals surface area (Å²) in [6, 6.07) is 10.7. The van der Waals surface area contributed by atoms with E-state index in [0.29, 0.717) is 22.3 Å². The van der Waals surface area contributed by atoms with Gasteiger partial charge < -0.3 is 10.6 Å². The minimum absolute atomic E-state index is 0.00324. The van der Waals surface area contributed by atoms with Crippen molar-refractivity contribution in [2.75, 3.05) is 25.0 Å². The quantitative estimate of drug-likeness (QED) is 0.476. The number of nitrogens with one attached hydrogen (secondary N) is 2. The second-order valence-corrected chi connectivity index (χ2v) is 9.25. The van der Waals surface area contributed by atoms with Crippen molar-refractivity contribution in [3.05, 3.63) is 58.1 Å². The molecule has 0 aliphatic heterocycles. The van der Waals surface area contributed by atoms with Crippen molar-refractivity contribution in [3.8, 4) is 0 Å². The van der Waals surface area contributed by atoms with Crippen LogP contribution in [0.15, 0.2) is 47.4 Å². The Morgan fingerprint density at radius 2 is 1.68 bits per heavy atom. The molecule has 0 atom stereocenters. The van der Waals surface area contributed by atoms with Gasteiger partial charge in [-0.1, -0.05) is 42.3 Å². The Balaban J connectivity index is 1.88. The first-order valence-electron chi connectivity index (χ1n) is 9.44. The van der Waals surface area contributed by atoms with Gasteiger partial charge in [0.05, 0.1) is 28.7 Å². The van der Waals surface area contributed by atoms with Crippen LogP contribution in [0.1, 0.15) is 18.9 Å². The number of nitrogens with zero attached hydrogens (tertiary/aromatic N) is 1. The third-order valence-corrected chi connectivity index (χ3v) is 5.70. The van der Waals surface area contributed by atoms with Crippen molar-refractivity contribution >= 4 is 50.7 Å². The molecule has 0 radical (unpaired) electrons. The van der Waals surface area contributed by atoms with Crippen LogP contribution in [0.5, 0.6) is 0 Å². The fourth-order valence-electron chi connectivity index (χ4n) is 2.77. The zero-order valence-corrected chi connectivity index (χ0v) is 19.2. The molecule has 0 saturated heterocycles. The zero-order valence-electron chi connectivity index (χ0n) is 16.9. The highest BCUT2D eigenvalue weighted by Crippen LogP contribution is 2.25. The SMILES string of the molecule is CCCN(CC(=O)NCc1ccc(S(N)(=O)=O)cc1)CC(=O)Nc1ccc(Cl)cc1Cl. The summed E-state index contributed by atoms with van der Waals surface area (Å²) in [4.78, 5) is 26.4. The second kappa shape index (κ2) is 11.4. The lowest BCUT2D eigenvalue weighted by atomic mass is 10.2. The average Bonchev–Trinajstić information content (AvgIpc) is 2.68. The molecule has 2 aromatic carbocycles. The summed E-state index contributed by atoms with van der Waals surface area (Å²) in [6.45, 7) is 2.77. The summed E-state index contributed by atoms with van der Waals surface area (Å²) in [5.41, 5.74) is 1.16. The number of rotatable bonds is 10. The van der Waals surface area contributed by atoms with Crippen molar-refractivity contribution in [2.45, 2.75) is 24.8 Å². The molecule has 168 valence electrons. The fourth-order valence-corrected chi connectivity index (χ4v) is 3.74. The monoisotopic (exact) mass is 486 g/mol. The molecule has 0 heterocycles. The molecule has 8 nitrogen and oxygen atoms in total. The van der Waals surface area contributed by atoms with Crippen LogP contribution in [0.25, 0.3) is 0 Å². The van der Waals surface area contributed by atoms with Crippen molar-refractivity contribution in [3.63, 3.8) is 0 Å². The molecular weight excluding hydrogens is 463 g/mol. The topological polar surface area (TPSA) is 122 Å². The summed E-state index contributed by atoms with van der Waals surface area (Å²) < 4.78 is 22.6. The molecule has 11 heteroatoms. The Kier molecular flexibility index (Phi) is 9.27. The molecule has 0 unspecified atom stereocenters. The van der Waals surface area contributed by atoms with Gasteiger partial charge in [-0.25, -0.2) is 13.6 Å². The van der Waals surface area contributed by atoms with Crippen LogP contribution in [0.3, 0.4) is 0 Å². The number of hydrogen-bond acceptors (Lipinski definition) is 5. The van der Waals surface area contributed by atoms with E-state index in [-0.39, 0.29) is 36.3 Å². The summed E-state index contributed by atoms with van der Waals surface area (Å²) in [7, 11) is -3.76. The number of hydrogen-bond donors (Lipinski definition) is 3. The maximum atomic E-state index is 12.4. The molecular formula is C20H24Cl2N4O4S. The van der Waals surface area contributed by atoms with Crippen LogP contribution in [-0.4, -0.2) is 44.8 Å². The molecule has 0 aliphatic rings. The number of halogens is 2. The summed E-state index contributed by atoms with van der Waals surface area (Å²) >= 11 is 11.9. The van der Waals surface area contributed by atoms with Crippen molar-refractivity contribution in [1.82, 2.24) is 10.2 Å². The van der Waals surface area contributed by atoms with Crippen LogP contribution in [-0.2, 0) is 26.2 Å². The standard InChI is InChI=1S/C20H24Cl2N4O4S/c1-2-9-26(13-20(28)25-18-8-5-15(21)10-17(18)22)12-19(27)24-11-14-3-6-16(7-4-14)31(23,29)30/h3-8,10H,2,9,11-13H2,1H3,(H,24,27)(H,25,28)(H2,23,29,30). The smallest absolute Gasteiger partial charge is 0.238 e. The van der Waals surface area contributed by atoms with Gasteiger partial charge in [0.15, 0.2) is 0 Å². The largest absolute Gasteiger partial charge is 0.351 e. The predicted molar refractivity (Wildman–Crippen MR) is 121 cm³/mol. The molecule has 0 aromatic heterocycles. The highest BCUT2D eigenvalue weighted by Gasteiger charge is 2.15. The molecule has 2 aromatic rings. The normalized spacial score (nSPS) is 11.4. The molecule has 0 spiro atoms. The third kappa shape index (κ3) is 8.47. The highest BCUT2D eigenvalue weighted by molar-refractivity contribution is 7.89. The van der Waals surface area contributed by atoms with E-state index < -0.39 is 10.0 Å². The molecule has 0 aliphatic carbocycles. The Morgan fingerprint density at radius 3 is 2.26 bits per heavy atom. The number of amides is 2. The number of nitrogens with two attached hydrogens (primary N) is 1. The lowest BCUT2D eigenvalue weighted by Crippen LogP contribution is -2.41. The lowest BCUT2D eigenvalue weighted by molar-refractivity contribution is -0.123. The number of carbonyl (C=O) groups excluding carboxylic acids is 2. The molecule has 0 fully saturated rings. The molecule has 31 heavy (non-hydrogen) atoms. The Morgan fingerprint density at radius 1 is 1.03 bits per heavy atom. The van der Waals surface area contributed by atoms with Crippen LogP contribution in [0, 0.1) is 0 Å². The van der Waals surface area contributed by atoms with Gasteiger partial charge in [-0.3, -0.25) is 14.5 Å². The van der Waals surface area contributed by atoms with Crippen LogP contribution < -0.4 is 15.8 Å². The van der Waals surface area contributed by atoms with Gasteiger partial charge in [0.2, 0.25) is 21.8 Å². The minimum Gasteiger partial charge on any atom is -0.351 e. The summed E-state index contributed by atoms with van der Waals surface area (Å²) in [5.74, 6) is -0.564. The van der Waals surface area contributed by atoms with Gasteiger partial charge in [-0.05, 0) is 48.9 Å². The number of anilines is 1. The fraction of sp³-hybridized carbons (Fsp3) is 0.300. The van der Waals surface area contributed by atoms with Gasteiger partial charge in [0.1, 0.15) is 0 Å². The first kappa shape index (κ1) is 25.1. The van der Waals surface area contributed by atoms with Crippen LogP contribution in [0.4, 0.5) is 5.69 Å². The number of benzene rings is 2. The average molecular weight is 487 g/mol. The van der Waals surface area contributed by atoms with E-state index in [1.807, 2.05) is 6.92 Å². The van der Waals surface area contributed by atoms with E-state index in [1.165, 1.54) is 18.2 Å². The highest BCUT2D eigenvalue weighted by atomic mass is 35.5. The molecule has 0 saturated carbocycles. The lowest BCUT2D eigenvalue weighted by Gasteiger charge is -2.21. The molecule has 2 amide bonds. The van der Waals surface area contributed by atoms with Crippen molar-refractivity contribution < 1.29 is 18.0 Å². The Bertz CT molecular complexity index is 1030. The second-order valence-electron chi connectivity index (χ2n) is 6.85. The van der Waals surface area contributed by atoms with Gasteiger partial charge in [0.25, 0.3) is 0 Å². The van der Waals surface area contributed by atoms with E-state index in [1.54, 1.807) is 29.2 Å². The first-order chi connectivity index (χ1) is 14.6. The molecule has 2 rings (SSSR count). The van der Waals surface area contributed by atoms with E-state index >= 15 is 0 Å². The van der Waals surface area contributed by atoms with Gasteiger partial charge >= 0.3 is 0 Å². The maximum Gasteiger partial charge on any atom is 0.238 e. The Labute approximate surface area is 191 Å². The molecule has 0 bridgehead atoms. The van der Waals surface area contributed by atoms with E-state index in [0.717, 1.165) is 12.0 Å². The third-order valence-electron chi connectivity index (χ3n) is 4.22. The van der Waals surface area contributed by atoms with Crippen LogP contribution >= 0.6 is 23.2 Å². The number of sulfonamides is 1. The zero-order chi connectivity index (χ0) is 23.0. The van der Waals surface area contributed by atoms with Gasteiger partial charge in [-0.15, -0.1) is 0 Å². The van der Waals surface area contributed by atoms with Crippen molar-refractivity contribution in [1.29, 1.82) is 0 Å². The number of primary sulfonamides is 1. The van der Waals surface area contributed by atoms with Gasteiger partial charge in [0, 0.05) is 11.6 Å². The van der Waals surface area contributed by atoms with E-state index in [2.05, 4.69) is 10.6 Å². The first-order valence-corrected chi connectivity index (χ1v) is 11.7. The van der Waals surface area contributed by atoms with Crippen molar-refractivity contribution in [2.24, 2.45) is 5.14 Å².